The lowest BCUT2D eigenvalue weighted by molar-refractivity contribution is -0.194. The first kappa shape index (κ1) is 27.1. The quantitative estimate of drug-likeness (QED) is 0.0916. The first-order valence-corrected chi connectivity index (χ1v) is 13.6. The van der Waals surface area contributed by atoms with E-state index in [-0.39, 0.29) is 18.5 Å². The summed E-state index contributed by atoms with van der Waals surface area (Å²) in [6.07, 6.45) is -7.45. The van der Waals surface area contributed by atoms with Crippen molar-refractivity contribution in [2.45, 2.75) is 69.0 Å². The lowest BCUT2D eigenvalue weighted by Gasteiger charge is -2.26. The molecule has 0 saturated carbocycles. The number of aliphatic hydroxyl groups excluding tert-OH is 2. The van der Waals surface area contributed by atoms with E-state index in [9.17, 15) is 19.7 Å². The van der Waals surface area contributed by atoms with Gasteiger partial charge in [-0.3, -0.25) is 9.36 Å². The Morgan fingerprint density at radius 2 is 1.90 bits per heavy atom. The van der Waals surface area contributed by atoms with E-state index in [2.05, 4.69) is 3.53 Å². The van der Waals surface area contributed by atoms with E-state index in [1.54, 1.807) is 14.1 Å². The molecule has 30 heavy (non-hydrogen) atoms. The summed E-state index contributed by atoms with van der Waals surface area (Å²) in [6.45, 7) is -0.462. The number of nitrogens with one attached hydrogen (secondary N) is 1. The Morgan fingerprint density at radius 1 is 1.23 bits per heavy atom. The SMILES string of the molecule is CC(C)OC[C@H]1O[C@@H](NI)C(O)C1OP(=O)(O)SC[C@H]1O[C@@H](N)C(O)C1ON(C)C. The van der Waals surface area contributed by atoms with Gasteiger partial charge in [0.2, 0.25) is 0 Å². The minimum atomic E-state index is -4.23. The molecular weight excluding hydrogens is 556 g/mol. The van der Waals surface area contributed by atoms with Crippen LogP contribution >= 0.6 is 41.0 Å². The molecule has 0 radical (unpaired) electrons. The lowest BCUT2D eigenvalue weighted by atomic mass is 10.1. The zero-order chi connectivity index (χ0) is 22.6. The van der Waals surface area contributed by atoms with Crippen LogP contribution in [0.2, 0.25) is 0 Å². The fraction of sp³-hybridized carbons (Fsp3) is 1.00. The van der Waals surface area contributed by atoms with Crippen molar-refractivity contribution in [3.63, 3.8) is 0 Å². The van der Waals surface area contributed by atoms with Crippen molar-refractivity contribution in [1.82, 2.24) is 8.59 Å². The smallest absolute Gasteiger partial charge is 0.386 e. The molecule has 0 bridgehead atoms. The predicted molar refractivity (Wildman–Crippen MR) is 117 cm³/mol. The van der Waals surface area contributed by atoms with Gasteiger partial charge in [-0.2, -0.15) is 5.06 Å². The summed E-state index contributed by atoms with van der Waals surface area (Å²) in [5.74, 6) is -0.0260. The summed E-state index contributed by atoms with van der Waals surface area (Å²) in [5, 5.41) is 21.9. The average Bonchev–Trinajstić information content (AvgIpc) is 3.09. The first-order chi connectivity index (χ1) is 13.9. The summed E-state index contributed by atoms with van der Waals surface area (Å²) >= 11 is 2.43. The van der Waals surface area contributed by atoms with Gasteiger partial charge in [0.25, 0.3) is 0 Å². The van der Waals surface area contributed by atoms with E-state index in [4.69, 9.17) is 29.3 Å². The molecule has 12 nitrogen and oxygen atoms in total. The minimum absolute atomic E-state index is 0.0260. The highest BCUT2D eigenvalue weighted by molar-refractivity contribution is 14.1. The maximum Gasteiger partial charge on any atom is 0.387 e. The van der Waals surface area contributed by atoms with Crippen LogP contribution in [0.15, 0.2) is 0 Å². The van der Waals surface area contributed by atoms with Gasteiger partial charge in [0.05, 0.1) is 12.7 Å². The van der Waals surface area contributed by atoms with Gasteiger partial charge in [-0.05, 0) is 25.2 Å². The van der Waals surface area contributed by atoms with Crippen molar-refractivity contribution in [2.24, 2.45) is 5.73 Å². The second kappa shape index (κ2) is 11.8. The van der Waals surface area contributed by atoms with Crippen LogP contribution in [-0.2, 0) is 28.1 Å². The molecule has 0 aromatic heterocycles. The summed E-state index contributed by atoms with van der Waals surface area (Å²) in [4.78, 5) is 15.9. The van der Waals surface area contributed by atoms with Crippen LogP contribution in [0.4, 0.5) is 0 Å². The van der Waals surface area contributed by atoms with Crippen molar-refractivity contribution in [2.75, 3.05) is 26.5 Å². The van der Waals surface area contributed by atoms with Crippen molar-refractivity contribution >= 4 is 41.0 Å². The Balaban J connectivity index is 1.99. The predicted octanol–water partition coefficient (Wildman–Crippen LogP) is -0.438. The van der Waals surface area contributed by atoms with Crippen LogP contribution in [0.25, 0.3) is 0 Å². The number of ether oxygens (including phenoxy) is 3. The third-order valence-corrected chi connectivity index (χ3v) is 8.01. The maximum atomic E-state index is 12.7. The average molecular weight is 587 g/mol. The molecule has 0 spiro atoms. The van der Waals surface area contributed by atoms with Crippen LogP contribution in [0.1, 0.15) is 13.8 Å². The number of hydrogen-bond donors (Lipinski definition) is 5. The van der Waals surface area contributed by atoms with Crippen LogP contribution in [0, 0.1) is 0 Å². The van der Waals surface area contributed by atoms with Gasteiger partial charge in [0, 0.05) is 42.7 Å². The number of halogens is 1. The zero-order valence-corrected chi connectivity index (χ0v) is 21.0. The highest BCUT2D eigenvalue weighted by atomic mass is 127. The van der Waals surface area contributed by atoms with Crippen molar-refractivity contribution < 1.29 is 43.2 Å². The van der Waals surface area contributed by atoms with E-state index in [0.29, 0.717) is 11.4 Å². The lowest BCUT2D eigenvalue weighted by Crippen LogP contribution is -2.41. The first-order valence-electron chi connectivity index (χ1n) is 9.35. The molecule has 2 rings (SSSR count). The second-order valence-corrected chi connectivity index (χ2v) is 11.9. The summed E-state index contributed by atoms with van der Waals surface area (Å²) < 4.78 is 37.5. The Labute approximate surface area is 193 Å². The number of hydrogen-bond acceptors (Lipinski definition) is 12. The highest BCUT2D eigenvalue weighted by Crippen LogP contribution is 2.58. The fourth-order valence-corrected chi connectivity index (χ4v) is 6.24. The number of aliphatic hydroxyl groups is 2. The normalized spacial score (nSPS) is 39.2. The summed E-state index contributed by atoms with van der Waals surface area (Å²) in [6, 6.07) is 0. The van der Waals surface area contributed by atoms with Gasteiger partial charge in [-0.1, -0.05) is 0 Å². The molecule has 0 aromatic carbocycles. The third-order valence-electron chi connectivity index (χ3n) is 4.40. The molecule has 0 aliphatic carbocycles. The molecule has 9 atom stereocenters. The van der Waals surface area contributed by atoms with E-state index in [0.717, 1.165) is 0 Å². The van der Waals surface area contributed by atoms with Gasteiger partial charge in [0.15, 0.2) is 0 Å². The van der Waals surface area contributed by atoms with Crippen LogP contribution in [0.5, 0.6) is 0 Å². The number of nitrogens with zero attached hydrogens (tertiary/aromatic N) is 1. The molecule has 2 heterocycles. The largest absolute Gasteiger partial charge is 0.387 e. The van der Waals surface area contributed by atoms with E-state index >= 15 is 0 Å². The fourth-order valence-electron chi connectivity index (χ4n) is 3.01. The molecule has 2 fully saturated rings. The molecular formula is C15H31IN3O9PS. The van der Waals surface area contributed by atoms with Crippen LogP contribution in [-0.4, -0.2) is 102 Å². The van der Waals surface area contributed by atoms with Gasteiger partial charge in [0.1, 0.15) is 49.1 Å². The standard InChI is InChI=1S/C15H31IN3O9PS/c1-7(2)24-5-8-13(11(21)15(18-16)26-8)28-29(22,23)30-6-9-12(27-19(3)4)10(20)14(17)25-9/h7-15,18,20-21H,5-6,17H2,1-4H3,(H,22,23)/t8-,9-,10?,11?,12?,13?,14-,15-/m1/s1. The Hall–Kier alpha value is 0.870. The highest BCUT2D eigenvalue weighted by Gasteiger charge is 2.49. The van der Waals surface area contributed by atoms with Crippen molar-refractivity contribution in [1.29, 1.82) is 0 Å². The third kappa shape index (κ3) is 7.45. The van der Waals surface area contributed by atoms with Crippen molar-refractivity contribution in [3.8, 4) is 0 Å². The van der Waals surface area contributed by atoms with E-state index in [1.807, 2.05) is 36.7 Å². The molecule has 178 valence electrons. The van der Waals surface area contributed by atoms with Gasteiger partial charge in [-0.25, -0.2) is 8.10 Å². The van der Waals surface area contributed by atoms with Gasteiger partial charge in [-0.15, -0.1) is 0 Å². The van der Waals surface area contributed by atoms with Gasteiger partial charge < -0.3 is 35.1 Å². The maximum absolute atomic E-state index is 12.7. The molecule has 5 unspecified atom stereocenters. The molecule has 2 aliphatic rings. The summed E-state index contributed by atoms with van der Waals surface area (Å²) in [7, 11) is 3.28. The summed E-state index contributed by atoms with van der Waals surface area (Å²) in [5.41, 5.74) is 5.72. The molecule has 6 N–H and O–H groups in total. The molecule has 2 aliphatic heterocycles. The molecule has 0 aromatic rings. The second-order valence-electron chi connectivity index (χ2n) is 7.42. The van der Waals surface area contributed by atoms with E-state index in [1.165, 1.54) is 5.06 Å². The topological polar surface area (TPSA) is 165 Å². The Morgan fingerprint density at radius 3 is 2.47 bits per heavy atom. The molecule has 0 amide bonds. The number of hydroxylamine groups is 2. The monoisotopic (exact) mass is 587 g/mol. The Kier molecular flexibility index (Phi) is 10.7. The Bertz CT molecular complexity index is 596. The number of nitrogens with two attached hydrogens (primary N) is 1. The van der Waals surface area contributed by atoms with Crippen LogP contribution in [0.3, 0.4) is 0 Å². The van der Waals surface area contributed by atoms with Crippen molar-refractivity contribution in [3.05, 3.63) is 0 Å². The zero-order valence-electron chi connectivity index (χ0n) is 17.2. The minimum Gasteiger partial charge on any atom is -0.386 e. The van der Waals surface area contributed by atoms with Gasteiger partial charge >= 0.3 is 6.80 Å². The van der Waals surface area contributed by atoms with E-state index < -0.39 is 55.9 Å². The molecule has 15 heteroatoms. The number of rotatable bonds is 11. The molecule has 2 saturated heterocycles. The van der Waals surface area contributed by atoms with Crippen LogP contribution < -0.4 is 9.26 Å².